The highest BCUT2D eigenvalue weighted by atomic mass is 35.5. The number of hydrazine groups is 1. The van der Waals surface area contributed by atoms with E-state index in [1.165, 1.54) is 30.3 Å². The number of halogens is 4. The van der Waals surface area contributed by atoms with Gasteiger partial charge in [-0.25, -0.2) is 5.01 Å². The largest absolute Gasteiger partial charge is 0.292 e. The van der Waals surface area contributed by atoms with Crippen molar-refractivity contribution in [3.05, 3.63) is 68.7 Å². The van der Waals surface area contributed by atoms with Gasteiger partial charge in [-0.2, -0.15) is 5.01 Å². The molecule has 0 radical (unpaired) electrons. The van der Waals surface area contributed by atoms with Gasteiger partial charge in [0.05, 0.1) is 21.9 Å². The van der Waals surface area contributed by atoms with Crippen LogP contribution in [0.5, 0.6) is 0 Å². The number of Topliss-reactive ketones (excluding diaryl/α,β-unsaturated/α-hetero) is 1. The topological polar surface area (TPSA) is 74.8 Å². The highest BCUT2D eigenvalue weighted by Crippen LogP contribution is 2.40. The Labute approximate surface area is 223 Å². The van der Waals surface area contributed by atoms with Crippen molar-refractivity contribution in [2.75, 3.05) is 5.88 Å². The maximum Gasteiger partial charge on any atom is 0.273 e. The fraction of sp³-hybridized carbons (Fsp3) is 0.360. The SMILES string of the molecule is O=C(c1ccc(Cl)cc1)[C@@H](CCCl)N(C(=O)c1ccc(Cl)c(Cl)c1)N1C(=O)[C@H]2CCCC[C@H]2C1=O. The lowest BCUT2D eigenvalue weighted by molar-refractivity contribution is -0.156. The van der Waals surface area contributed by atoms with Gasteiger partial charge < -0.3 is 0 Å². The van der Waals surface area contributed by atoms with Gasteiger partial charge in [-0.1, -0.05) is 47.6 Å². The molecule has 2 aliphatic rings. The highest BCUT2D eigenvalue weighted by molar-refractivity contribution is 6.42. The number of benzene rings is 2. The van der Waals surface area contributed by atoms with Gasteiger partial charge in [-0.15, -0.1) is 11.6 Å². The molecule has 2 fully saturated rings. The zero-order valence-corrected chi connectivity index (χ0v) is 21.6. The molecule has 35 heavy (non-hydrogen) atoms. The van der Waals surface area contributed by atoms with Crippen LogP contribution in [0.1, 0.15) is 52.8 Å². The van der Waals surface area contributed by atoms with Crippen molar-refractivity contribution in [1.29, 1.82) is 0 Å². The van der Waals surface area contributed by atoms with Crippen molar-refractivity contribution in [1.82, 2.24) is 10.0 Å². The molecular formula is C25H22Cl4N2O4. The molecule has 0 spiro atoms. The standard InChI is InChI=1S/C25H22Cl4N2O4/c26-12-11-21(22(32)14-5-8-16(27)9-6-14)30(23(33)15-7-10-19(28)20(29)13-15)31-24(34)17-3-1-2-4-18(17)25(31)35/h5-10,13,17-18,21H,1-4,11-12H2/t17-,18+,21-/m1/s1. The van der Waals surface area contributed by atoms with Crippen LogP contribution in [0.25, 0.3) is 0 Å². The summed E-state index contributed by atoms with van der Waals surface area (Å²) in [6.07, 6.45) is 2.79. The fourth-order valence-corrected chi connectivity index (χ4v) is 5.40. The minimum Gasteiger partial charge on any atom is -0.292 e. The summed E-state index contributed by atoms with van der Waals surface area (Å²) < 4.78 is 0. The number of alkyl halides is 1. The van der Waals surface area contributed by atoms with Crippen molar-refractivity contribution >= 4 is 69.9 Å². The second kappa shape index (κ2) is 10.9. The fourth-order valence-electron chi connectivity index (χ4n) is 4.76. The number of carbonyl (C=O) groups is 4. The number of imide groups is 1. The number of ketones is 1. The number of rotatable bonds is 7. The maximum absolute atomic E-state index is 13.9. The van der Waals surface area contributed by atoms with Gasteiger partial charge in [-0.3, -0.25) is 19.2 Å². The van der Waals surface area contributed by atoms with Crippen LogP contribution >= 0.6 is 46.4 Å². The normalized spacial score (nSPS) is 20.5. The predicted octanol–water partition coefficient (Wildman–Crippen LogP) is 6.06. The van der Waals surface area contributed by atoms with E-state index in [-0.39, 0.29) is 33.5 Å². The molecule has 2 aromatic rings. The molecule has 0 aromatic heterocycles. The van der Waals surface area contributed by atoms with Crippen LogP contribution in [-0.2, 0) is 9.59 Å². The van der Waals surface area contributed by atoms with Crippen LogP contribution in [0, 0.1) is 11.8 Å². The summed E-state index contributed by atoms with van der Waals surface area (Å²) in [4.78, 5) is 54.4. The molecule has 3 atom stereocenters. The van der Waals surface area contributed by atoms with Gasteiger partial charge in [-0.05, 0) is 61.7 Å². The molecule has 1 heterocycles. The Bertz CT molecular complexity index is 1150. The van der Waals surface area contributed by atoms with Gasteiger partial charge in [0.2, 0.25) is 0 Å². The van der Waals surface area contributed by atoms with E-state index in [9.17, 15) is 19.2 Å². The second-order valence-electron chi connectivity index (χ2n) is 8.63. The van der Waals surface area contributed by atoms with Gasteiger partial charge in [0.25, 0.3) is 17.7 Å². The predicted molar refractivity (Wildman–Crippen MR) is 135 cm³/mol. The summed E-state index contributed by atoms with van der Waals surface area (Å²) in [6.45, 7) is 0. The molecule has 10 heteroatoms. The zero-order valence-electron chi connectivity index (χ0n) is 18.6. The Morgan fingerprint density at radius 1 is 0.886 bits per heavy atom. The van der Waals surface area contributed by atoms with Gasteiger partial charge >= 0.3 is 0 Å². The van der Waals surface area contributed by atoms with Crippen LogP contribution in [0.15, 0.2) is 42.5 Å². The van der Waals surface area contributed by atoms with Crippen molar-refractivity contribution in [2.24, 2.45) is 11.8 Å². The van der Waals surface area contributed by atoms with E-state index in [0.717, 1.165) is 22.9 Å². The molecule has 2 aromatic carbocycles. The number of fused-ring (bicyclic) bond motifs is 1. The summed E-state index contributed by atoms with van der Waals surface area (Å²) in [6, 6.07) is 9.19. The van der Waals surface area contributed by atoms with Gasteiger partial charge in [0, 0.05) is 22.0 Å². The monoisotopic (exact) mass is 554 g/mol. The minimum absolute atomic E-state index is 0.0121. The Balaban J connectivity index is 1.81. The Kier molecular flexibility index (Phi) is 8.06. The number of hydrogen-bond acceptors (Lipinski definition) is 4. The van der Waals surface area contributed by atoms with Crippen LogP contribution in [0.2, 0.25) is 15.1 Å². The molecule has 6 nitrogen and oxygen atoms in total. The van der Waals surface area contributed by atoms with Gasteiger partial charge in [0.15, 0.2) is 5.78 Å². The highest BCUT2D eigenvalue weighted by Gasteiger charge is 2.53. The summed E-state index contributed by atoms with van der Waals surface area (Å²) in [5, 5.41) is 2.65. The van der Waals surface area contributed by atoms with E-state index in [4.69, 9.17) is 46.4 Å². The first kappa shape index (κ1) is 26.0. The summed E-state index contributed by atoms with van der Waals surface area (Å²) >= 11 is 24.2. The third-order valence-electron chi connectivity index (χ3n) is 6.52. The maximum atomic E-state index is 13.9. The molecular weight excluding hydrogens is 534 g/mol. The van der Waals surface area contributed by atoms with Crippen molar-refractivity contribution < 1.29 is 19.2 Å². The molecule has 1 aliphatic carbocycles. The third-order valence-corrected chi connectivity index (χ3v) is 7.73. The van der Waals surface area contributed by atoms with E-state index < -0.39 is 41.4 Å². The first-order chi connectivity index (χ1) is 16.7. The lowest BCUT2D eigenvalue weighted by Gasteiger charge is -2.36. The average Bonchev–Trinajstić information content (AvgIpc) is 3.10. The van der Waals surface area contributed by atoms with Crippen molar-refractivity contribution in [3.8, 4) is 0 Å². The molecule has 1 aliphatic heterocycles. The zero-order chi connectivity index (χ0) is 25.3. The summed E-state index contributed by atoms with van der Waals surface area (Å²) in [5.74, 6) is -3.15. The van der Waals surface area contributed by atoms with Crippen molar-refractivity contribution in [2.45, 2.75) is 38.1 Å². The molecule has 4 rings (SSSR count). The molecule has 0 N–H and O–H groups in total. The number of carbonyl (C=O) groups excluding carboxylic acids is 4. The number of amides is 3. The van der Waals surface area contributed by atoms with E-state index in [1.807, 2.05) is 0 Å². The molecule has 3 amide bonds. The minimum atomic E-state index is -1.20. The lowest BCUT2D eigenvalue weighted by Crippen LogP contribution is -2.57. The van der Waals surface area contributed by atoms with Crippen LogP contribution < -0.4 is 0 Å². The number of nitrogens with zero attached hydrogens (tertiary/aromatic N) is 2. The quantitative estimate of drug-likeness (QED) is 0.236. The van der Waals surface area contributed by atoms with Crippen LogP contribution in [-0.4, -0.2) is 45.4 Å². The molecule has 184 valence electrons. The molecule has 0 bridgehead atoms. The molecule has 1 saturated carbocycles. The van der Waals surface area contributed by atoms with Crippen LogP contribution in [0.3, 0.4) is 0 Å². The molecule has 1 saturated heterocycles. The average molecular weight is 556 g/mol. The Morgan fingerprint density at radius 2 is 1.46 bits per heavy atom. The van der Waals surface area contributed by atoms with Crippen molar-refractivity contribution in [3.63, 3.8) is 0 Å². The second-order valence-corrected chi connectivity index (χ2v) is 10.3. The Hall–Kier alpha value is -2.12. The van der Waals surface area contributed by atoms with E-state index in [1.54, 1.807) is 12.1 Å². The smallest absolute Gasteiger partial charge is 0.273 e. The summed E-state index contributed by atoms with van der Waals surface area (Å²) in [5.41, 5.74) is 0.353. The third kappa shape index (κ3) is 5.08. The van der Waals surface area contributed by atoms with Gasteiger partial charge in [0.1, 0.15) is 6.04 Å². The van der Waals surface area contributed by atoms with E-state index >= 15 is 0 Å². The lowest BCUT2D eigenvalue weighted by atomic mass is 9.81. The van der Waals surface area contributed by atoms with E-state index in [0.29, 0.717) is 17.9 Å². The summed E-state index contributed by atoms with van der Waals surface area (Å²) in [7, 11) is 0. The van der Waals surface area contributed by atoms with E-state index in [2.05, 4.69) is 0 Å². The van der Waals surface area contributed by atoms with Crippen LogP contribution in [0.4, 0.5) is 0 Å². The first-order valence-electron chi connectivity index (χ1n) is 11.3. The first-order valence-corrected chi connectivity index (χ1v) is 12.9. The Morgan fingerprint density at radius 3 is 2.00 bits per heavy atom. The molecule has 0 unspecified atom stereocenters. The number of hydrogen-bond donors (Lipinski definition) is 0.